The van der Waals surface area contributed by atoms with Crippen molar-refractivity contribution in [2.45, 2.75) is 39.7 Å². The summed E-state index contributed by atoms with van der Waals surface area (Å²) in [5.41, 5.74) is 5.40. The average Bonchev–Trinajstić information content (AvgIpc) is 2.92. The Morgan fingerprint density at radius 3 is 3.05 bits per heavy atom. The average molecular weight is 297 g/mol. The minimum absolute atomic E-state index is 0.0612. The molecule has 1 N–H and O–H groups in total. The maximum absolute atomic E-state index is 12.5. The molecule has 0 radical (unpaired) electrons. The lowest BCUT2D eigenvalue weighted by molar-refractivity contribution is -0.329. The first-order chi connectivity index (χ1) is 10.6. The van der Waals surface area contributed by atoms with E-state index in [1.54, 1.807) is 12.3 Å². The summed E-state index contributed by atoms with van der Waals surface area (Å²) in [4.78, 5) is 21.3. The van der Waals surface area contributed by atoms with Gasteiger partial charge in [-0.2, -0.15) is 4.58 Å². The zero-order chi connectivity index (χ0) is 16.1. The van der Waals surface area contributed by atoms with E-state index in [9.17, 15) is 4.79 Å². The molecule has 114 valence electrons. The Balaban J connectivity index is 2.22. The van der Waals surface area contributed by atoms with Gasteiger partial charge in [0.25, 0.3) is 0 Å². The molecule has 22 heavy (non-hydrogen) atoms. The van der Waals surface area contributed by atoms with Crippen molar-refractivity contribution >= 4 is 24.8 Å². The molecule has 1 amide bonds. The van der Waals surface area contributed by atoms with E-state index in [2.05, 4.69) is 34.7 Å². The second-order valence-corrected chi connectivity index (χ2v) is 5.09. The van der Waals surface area contributed by atoms with Crippen molar-refractivity contribution in [2.75, 3.05) is 0 Å². The Bertz CT molecular complexity index is 685. The van der Waals surface area contributed by atoms with Crippen molar-refractivity contribution in [2.24, 2.45) is 9.98 Å². The van der Waals surface area contributed by atoms with Crippen LogP contribution in [0.4, 0.5) is 0 Å². The van der Waals surface area contributed by atoms with Crippen molar-refractivity contribution in [1.29, 1.82) is 0 Å². The number of guanidine groups is 1. The Morgan fingerprint density at radius 1 is 1.64 bits per heavy atom. The Kier molecular flexibility index (Phi) is 5.02. The molecule has 0 saturated carbocycles. The summed E-state index contributed by atoms with van der Waals surface area (Å²) in [5.74, 6) is 0.249. The van der Waals surface area contributed by atoms with Gasteiger partial charge in [0.1, 0.15) is 5.70 Å². The van der Waals surface area contributed by atoms with Gasteiger partial charge in [-0.05, 0) is 38.5 Å². The van der Waals surface area contributed by atoms with Crippen LogP contribution in [0.5, 0.6) is 0 Å². The molecule has 0 aromatic carbocycles. The fraction of sp³-hybridized carbons (Fsp3) is 0.353. The van der Waals surface area contributed by atoms with E-state index < -0.39 is 0 Å². The van der Waals surface area contributed by atoms with Crippen LogP contribution in [0, 0.1) is 0 Å². The van der Waals surface area contributed by atoms with Gasteiger partial charge in [0.15, 0.2) is 6.04 Å². The van der Waals surface area contributed by atoms with Gasteiger partial charge in [0.2, 0.25) is 0 Å². The fourth-order valence-corrected chi connectivity index (χ4v) is 2.23. The number of hydrogen-bond donors (Lipinski definition) is 1. The second-order valence-electron chi connectivity index (χ2n) is 5.09. The zero-order valence-electron chi connectivity index (χ0n) is 13.3. The van der Waals surface area contributed by atoms with Gasteiger partial charge < -0.3 is 0 Å². The maximum atomic E-state index is 12.5. The molecule has 0 aliphatic carbocycles. The lowest BCUT2D eigenvalue weighted by atomic mass is 10.1. The summed E-state index contributed by atoms with van der Waals surface area (Å²) in [5, 5.41) is 3.15. The molecule has 0 aromatic heterocycles. The predicted octanol–water partition coefficient (Wildman–Crippen LogP) is 2.33. The van der Waals surface area contributed by atoms with Crippen LogP contribution in [0.1, 0.15) is 33.6 Å². The van der Waals surface area contributed by atoms with Crippen molar-refractivity contribution in [1.82, 2.24) is 5.32 Å². The fourth-order valence-electron chi connectivity index (χ4n) is 2.23. The molecule has 2 aliphatic rings. The van der Waals surface area contributed by atoms with E-state index in [-0.39, 0.29) is 11.9 Å². The first kappa shape index (κ1) is 15.9. The topological polar surface area (TPSA) is 56.8 Å². The molecule has 0 fully saturated rings. The molecular weight excluding hydrogens is 276 g/mol. The number of nitrogens with one attached hydrogen (secondary N) is 1. The maximum Gasteiger partial charge on any atom is 0.399 e. The van der Waals surface area contributed by atoms with E-state index in [1.807, 2.05) is 26.0 Å². The van der Waals surface area contributed by atoms with E-state index in [1.165, 1.54) is 4.58 Å². The number of rotatable bonds is 2. The molecular formula is C17H21N4O+. The first-order valence-electron chi connectivity index (χ1n) is 7.37. The highest BCUT2D eigenvalue weighted by Gasteiger charge is 2.33. The Labute approximate surface area is 130 Å². The minimum atomic E-state index is -0.228. The molecule has 2 aliphatic heterocycles. The molecule has 5 nitrogen and oxygen atoms in total. The van der Waals surface area contributed by atoms with Crippen LogP contribution in [0.25, 0.3) is 0 Å². The van der Waals surface area contributed by atoms with E-state index in [0.717, 1.165) is 17.8 Å². The van der Waals surface area contributed by atoms with Crippen LogP contribution in [-0.2, 0) is 4.79 Å². The molecule has 2 rings (SSSR count). The van der Waals surface area contributed by atoms with Gasteiger partial charge in [-0.3, -0.25) is 4.99 Å². The van der Waals surface area contributed by atoms with Crippen LogP contribution in [0.15, 0.2) is 50.9 Å². The highest BCUT2D eigenvalue weighted by atomic mass is 16.2. The summed E-state index contributed by atoms with van der Waals surface area (Å²) in [6, 6.07) is 0.0612. The van der Waals surface area contributed by atoms with Crippen molar-refractivity contribution in [3.63, 3.8) is 0 Å². The molecule has 0 spiro atoms. The summed E-state index contributed by atoms with van der Waals surface area (Å²) in [6.45, 7) is 9.74. The number of nitrogens with zero attached hydrogens (tertiary/aromatic N) is 3. The zero-order valence-corrected chi connectivity index (χ0v) is 13.3. The third-order valence-corrected chi connectivity index (χ3v) is 3.52. The highest BCUT2D eigenvalue weighted by molar-refractivity contribution is 5.98. The summed E-state index contributed by atoms with van der Waals surface area (Å²) < 4.78 is 1.29. The van der Waals surface area contributed by atoms with Gasteiger partial charge in [0.05, 0.1) is 5.57 Å². The predicted molar refractivity (Wildman–Crippen MR) is 89.3 cm³/mol. The highest BCUT2D eigenvalue weighted by Crippen LogP contribution is 2.15. The lowest BCUT2D eigenvalue weighted by Crippen LogP contribution is -2.35. The first-order valence-corrected chi connectivity index (χ1v) is 7.37. The smallest absolute Gasteiger partial charge is 0.266 e. The number of carbonyl (C=O) groups excluding carboxylic acids is 1. The summed E-state index contributed by atoms with van der Waals surface area (Å²) in [7, 11) is 0. The molecule has 1 unspecified atom stereocenters. The normalized spacial score (nSPS) is 24.8. The molecule has 0 aromatic rings. The van der Waals surface area contributed by atoms with Crippen molar-refractivity contribution in [3.05, 3.63) is 40.9 Å². The minimum Gasteiger partial charge on any atom is -0.266 e. The van der Waals surface area contributed by atoms with Crippen LogP contribution in [0.2, 0.25) is 0 Å². The SMILES string of the molecule is C=[N+](C(=O)C1=C=C/C=C(/C)N=CC1)C1=NC(CC)/C(=C\C)N1. The lowest BCUT2D eigenvalue weighted by Gasteiger charge is -2.04. The van der Waals surface area contributed by atoms with Gasteiger partial charge in [0, 0.05) is 25.0 Å². The van der Waals surface area contributed by atoms with Crippen LogP contribution >= 0.6 is 0 Å². The van der Waals surface area contributed by atoms with E-state index in [0.29, 0.717) is 18.0 Å². The largest absolute Gasteiger partial charge is 0.399 e. The molecule has 0 bridgehead atoms. The van der Waals surface area contributed by atoms with Crippen LogP contribution < -0.4 is 5.32 Å². The number of amides is 1. The Morgan fingerprint density at radius 2 is 2.41 bits per heavy atom. The molecule has 5 heteroatoms. The summed E-state index contributed by atoms with van der Waals surface area (Å²) >= 11 is 0. The number of hydrogen-bond acceptors (Lipinski definition) is 4. The molecule has 1 atom stereocenters. The van der Waals surface area contributed by atoms with Crippen LogP contribution in [-0.4, -0.2) is 35.4 Å². The van der Waals surface area contributed by atoms with Crippen molar-refractivity contribution in [3.8, 4) is 0 Å². The third-order valence-electron chi connectivity index (χ3n) is 3.52. The second kappa shape index (κ2) is 6.96. The Hall–Kier alpha value is -2.52. The van der Waals surface area contributed by atoms with Gasteiger partial charge in [-0.15, -0.1) is 10.7 Å². The van der Waals surface area contributed by atoms with Crippen molar-refractivity contribution < 1.29 is 9.37 Å². The van der Waals surface area contributed by atoms with E-state index in [4.69, 9.17) is 0 Å². The summed E-state index contributed by atoms with van der Waals surface area (Å²) in [6.07, 6.45) is 8.50. The number of carbonyl (C=O) groups is 1. The monoisotopic (exact) mass is 297 g/mol. The van der Waals surface area contributed by atoms with Gasteiger partial charge >= 0.3 is 11.9 Å². The number of allylic oxidation sites excluding steroid dienone is 3. The third kappa shape index (κ3) is 3.38. The number of aliphatic imine (C=N–C) groups is 2. The van der Waals surface area contributed by atoms with Crippen LogP contribution in [0.3, 0.4) is 0 Å². The van der Waals surface area contributed by atoms with E-state index >= 15 is 0 Å². The quantitative estimate of drug-likeness (QED) is 0.483. The molecule has 2 heterocycles. The standard InChI is InChI=1S/C17H21N4O/c1-5-14-15(6-2)20-17(19-14)21(4)16(22)13-9-7-8-12(3)18-11-10-13/h5,7-8,11,15H,4,6,10H2,1-3H3,(H,19,20)/q+1/b12-8-,14-5+,18-11?. The molecule has 0 saturated heterocycles. The van der Waals surface area contributed by atoms with Gasteiger partial charge in [-0.25, -0.2) is 10.1 Å². The van der Waals surface area contributed by atoms with Gasteiger partial charge in [-0.1, -0.05) is 6.92 Å².